The maximum Gasteiger partial charge on any atom is 1.00 e. The van der Waals surface area contributed by atoms with E-state index in [1.54, 1.807) is 0 Å². The minimum atomic E-state index is -4.30. The summed E-state index contributed by atoms with van der Waals surface area (Å²) in [5.74, 6) is 0.201. The van der Waals surface area contributed by atoms with Crippen LogP contribution in [0.25, 0.3) is 22.3 Å². The standard InChI is InChI=1S/C20H24N10O10P2S2.2Na/c21-15-9-17(25-3-23-15)29(5-27-9)19-12(32)13-8(38-19)2-36-42(34,44)40-14-11(31)7(1-35-41(33,43)39-13)37-20(14)30-6-28-10-16(22)24-4-26-18(10)30;;/h3-8,11-14,19-20,31-32H,1-2H2,(H,33,43)(H,34,44)(H2,21,23,25)(H2,22,24,26);;/q;2*+1/t7-,8+,11+,12+,13-,14-,19+,20+,41?,42?;;/m0../s1. The van der Waals surface area contributed by atoms with Crippen LogP contribution in [-0.4, -0.2) is 104 Å². The van der Waals surface area contributed by atoms with Gasteiger partial charge in [-0.15, -0.1) is 0 Å². The Morgan fingerprint density at radius 3 is 1.96 bits per heavy atom. The Labute approximate surface area is 313 Å². The number of ether oxygens (including phenoxy) is 2. The first-order valence-electron chi connectivity index (χ1n) is 12.8. The number of nitrogens with two attached hydrogens (primary N) is 2. The van der Waals surface area contributed by atoms with Crippen LogP contribution >= 0.6 is 25.8 Å². The first-order valence-corrected chi connectivity index (χ1v) is 18.1. The van der Waals surface area contributed by atoms with Crippen LogP contribution in [0.5, 0.6) is 0 Å². The van der Waals surface area contributed by atoms with Gasteiger partial charge in [0.15, 0.2) is 35.4 Å². The molecule has 4 aromatic heterocycles. The summed E-state index contributed by atoms with van der Waals surface area (Å²) in [5.41, 5.74) is 12.8. The number of imidazole rings is 2. The van der Waals surface area contributed by atoms with E-state index in [0.29, 0.717) is 0 Å². The molecular weight excluding hydrogens is 712 g/mol. The average molecular weight is 737 g/mol. The molecule has 0 aromatic carbocycles. The number of rotatable bonds is 2. The maximum atomic E-state index is 13.5. The average Bonchev–Trinajstić information content (AvgIpc) is 3.73. The molecule has 236 valence electrons. The van der Waals surface area contributed by atoms with Gasteiger partial charge >= 0.3 is 72.6 Å². The van der Waals surface area contributed by atoms with Gasteiger partial charge in [-0.1, -0.05) is 12.2 Å². The molecule has 10 atom stereocenters. The summed E-state index contributed by atoms with van der Waals surface area (Å²) in [7, 11) is 0. The van der Waals surface area contributed by atoms with E-state index >= 15 is 0 Å². The van der Waals surface area contributed by atoms with Crippen molar-refractivity contribution >= 4 is 71.5 Å². The Morgan fingerprint density at radius 1 is 0.804 bits per heavy atom. The zero-order chi connectivity index (χ0) is 31.0. The van der Waals surface area contributed by atoms with Crippen LogP contribution < -0.4 is 70.6 Å². The maximum absolute atomic E-state index is 13.5. The van der Waals surface area contributed by atoms with Crippen molar-refractivity contribution in [2.45, 2.75) is 49.1 Å². The van der Waals surface area contributed by atoms with Gasteiger partial charge in [0.25, 0.3) is 0 Å². The second-order valence-electron chi connectivity index (χ2n) is 9.95. The van der Waals surface area contributed by atoms with Gasteiger partial charge < -0.3 is 40.6 Å². The fourth-order valence-electron chi connectivity index (χ4n) is 5.22. The van der Waals surface area contributed by atoms with Crippen LogP contribution in [0.3, 0.4) is 0 Å². The molecule has 7 rings (SSSR count). The molecule has 20 nitrogen and oxygen atoms in total. The Kier molecular flexibility index (Phi) is 11.3. The number of nitrogen functional groups attached to an aromatic ring is 2. The number of aliphatic hydroxyl groups is 2. The van der Waals surface area contributed by atoms with Crippen LogP contribution in [0.4, 0.5) is 11.6 Å². The second kappa shape index (κ2) is 14.1. The fraction of sp³-hybridized carbons (Fsp3) is 0.500. The number of aliphatic hydroxyl groups excluding tert-OH is 2. The summed E-state index contributed by atoms with van der Waals surface area (Å²) < 4.78 is 50.8. The Hall–Kier alpha value is -0.430. The number of anilines is 2. The van der Waals surface area contributed by atoms with Crippen molar-refractivity contribution in [3.63, 3.8) is 0 Å². The van der Waals surface area contributed by atoms with Crippen LogP contribution in [0.2, 0.25) is 0 Å². The molecule has 4 aromatic rings. The molecule has 3 aliphatic heterocycles. The Balaban J connectivity index is 0.00000208. The first-order chi connectivity index (χ1) is 20.9. The van der Waals surface area contributed by atoms with E-state index in [2.05, 4.69) is 42.2 Å². The third-order valence-electron chi connectivity index (χ3n) is 7.26. The minimum Gasteiger partial charge on any atom is -0.387 e. The third kappa shape index (κ3) is 6.82. The van der Waals surface area contributed by atoms with E-state index in [1.807, 2.05) is 0 Å². The molecular formula is C20H24N10Na2O10P2S2+2. The van der Waals surface area contributed by atoms with Gasteiger partial charge in [-0.2, -0.15) is 0 Å². The fourth-order valence-corrected chi connectivity index (χ4v) is 8.13. The summed E-state index contributed by atoms with van der Waals surface area (Å²) in [5, 5.41) is 22.4. The van der Waals surface area contributed by atoms with Crippen molar-refractivity contribution in [1.82, 2.24) is 39.0 Å². The van der Waals surface area contributed by atoms with Crippen LogP contribution in [0, 0.1) is 0 Å². The van der Waals surface area contributed by atoms with Gasteiger partial charge in [0.05, 0.1) is 25.9 Å². The third-order valence-corrected chi connectivity index (χ3v) is 10.4. The van der Waals surface area contributed by atoms with Crippen molar-refractivity contribution in [3.05, 3.63) is 25.3 Å². The van der Waals surface area contributed by atoms with E-state index in [-0.39, 0.29) is 93.1 Å². The number of hydrogen-bond donors (Lipinski definition) is 6. The summed E-state index contributed by atoms with van der Waals surface area (Å²) in [6.07, 6.45) is -5.40. The normalized spacial score (nSPS) is 36.6. The van der Waals surface area contributed by atoms with Crippen molar-refractivity contribution in [3.8, 4) is 0 Å². The van der Waals surface area contributed by atoms with Gasteiger partial charge in [0, 0.05) is 0 Å². The summed E-state index contributed by atoms with van der Waals surface area (Å²) in [6.45, 7) is -9.47. The molecule has 0 aliphatic carbocycles. The monoisotopic (exact) mass is 736 g/mol. The van der Waals surface area contributed by atoms with Crippen LogP contribution in [0.15, 0.2) is 25.3 Å². The van der Waals surface area contributed by atoms with Crippen molar-refractivity contribution < 1.29 is 106 Å². The zero-order valence-corrected chi connectivity index (χ0v) is 31.5. The van der Waals surface area contributed by atoms with Gasteiger partial charge in [-0.05, 0) is 11.8 Å². The summed E-state index contributed by atoms with van der Waals surface area (Å²) in [6, 6.07) is 0. The molecule has 0 radical (unpaired) electrons. The predicted molar refractivity (Wildman–Crippen MR) is 154 cm³/mol. The van der Waals surface area contributed by atoms with Crippen molar-refractivity contribution in [2.24, 2.45) is 0 Å². The summed E-state index contributed by atoms with van der Waals surface area (Å²) >= 11 is 9.34. The number of nitrogens with zero attached hydrogens (tertiary/aromatic N) is 8. The van der Waals surface area contributed by atoms with E-state index in [4.69, 9.17) is 50.8 Å². The molecule has 3 fully saturated rings. The van der Waals surface area contributed by atoms with E-state index in [9.17, 15) is 19.7 Å². The molecule has 26 heteroatoms. The minimum absolute atomic E-state index is 0. The number of fused-ring (bicyclic) bond motifs is 5. The Bertz CT molecular complexity index is 1840. The molecule has 2 unspecified atom stereocenters. The topological polar surface area (TPSA) is 272 Å². The molecule has 7 N–H and O–H groups in total. The number of hydrogen-bond acceptors (Lipinski definition) is 18. The van der Waals surface area contributed by atoms with Crippen LogP contribution in [-0.2, 0) is 43.9 Å². The van der Waals surface area contributed by atoms with Gasteiger partial charge in [0.2, 0.25) is 0 Å². The molecule has 0 saturated carbocycles. The molecule has 0 spiro atoms. The molecule has 3 saturated heterocycles. The zero-order valence-electron chi connectivity index (χ0n) is 24.0. The molecule has 2 bridgehead atoms. The second-order valence-corrected chi connectivity index (χ2v) is 15.6. The molecule has 3 aliphatic rings. The van der Waals surface area contributed by atoms with Crippen molar-refractivity contribution in [1.29, 1.82) is 0 Å². The molecule has 7 heterocycles. The van der Waals surface area contributed by atoms with Gasteiger partial charge in [-0.3, -0.25) is 22.7 Å². The van der Waals surface area contributed by atoms with Gasteiger partial charge in [0.1, 0.15) is 60.3 Å². The van der Waals surface area contributed by atoms with Crippen molar-refractivity contribution in [2.75, 3.05) is 24.7 Å². The predicted octanol–water partition coefficient (Wildman–Crippen LogP) is -6.57. The van der Waals surface area contributed by atoms with E-state index in [1.165, 1.54) is 34.4 Å². The Morgan fingerprint density at radius 2 is 1.35 bits per heavy atom. The smallest absolute Gasteiger partial charge is 0.387 e. The molecule has 0 amide bonds. The quantitative estimate of drug-likeness (QED) is 0.0634. The largest absolute Gasteiger partial charge is 1.00 e. The van der Waals surface area contributed by atoms with E-state index in [0.717, 1.165) is 0 Å². The van der Waals surface area contributed by atoms with Crippen LogP contribution in [0.1, 0.15) is 12.5 Å². The first kappa shape index (κ1) is 36.8. The van der Waals surface area contributed by atoms with Gasteiger partial charge in [-0.25, -0.2) is 34.5 Å². The number of aromatic nitrogens is 8. The molecule has 46 heavy (non-hydrogen) atoms. The SMILES string of the molecule is Nc1ncnc2c1ncn2[C@@H]1O[C@@H]2COP(=O)(S)O[C@H]3[C@H](O)[C@H](COP(O)(=S)O[C@@H]2[C@H]1O)O[C@H]3n1cnc2c(N)ncnc21.[Na+].[Na+]. The van der Waals surface area contributed by atoms with E-state index < -0.39 is 75.8 Å². The number of thiol groups is 1. The summed E-state index contributed by atoms with van der Waals surface area (Å²) in [4.78, 5) is 35.5.